The fraction of sp³-hybridized carbons (Fsp3) is 0.526. The third kappa shape index (κ3) is 3.69. The molecule has 2 fully saturated rings. The molecule has 2 aliphatic carbocycles. The Hall–Kier alpha value is -1.73. The average Bonchev–Trinajstić information content (AvgIpc) is 3.57. The standard InChI is InChI=1S/C19H24BrN5O/c1-12(24(2)15-9-10-15)11-21-19(26)17-18(13-3-4-13)25(23-22-17)16-7-5-14(20)6-8-16/h5-8,12-13,15H,3-4,9-11H2,1-2H3,(H,21,26). The van der Waals surface area contributed by atoms with Crippen molar-refractivity contribution in [3.63, 3.8) is 0 Å². The van der Waals surface area contributed by atoms with Crippen LogP contribution in [0, 0.1) is 0 Å². The number of amides is 1. The number of hydrogen-bond acceptors (Lipinski definition) is 4. The first-order valence-corrected chi connectivity index (χ1v) is 10.1. The first-order valence-electron chi connectivity index (χ1n) is 9.26. The van der Waals surface area contributed by atoms with Crippen LogP contribution in [-0.2, 0) is 0 Å². The van der Waals surface area contributed by atoms with Crippen LogP contribution in [-0.4, -0.2) is 51.5 Å². The summed E-state index contributed by atoms with van der Waals surface area (Å²) in [7, 11) is 2.13. The molecule has 2 aromatic rings. The van der Waals surface area contributed by atoms with Crippen LogP contribution in [0.1, 0.15) is 54.7 Å². The molecule has 1 amide bonds. The van der Waals surface area contributed by atoms with Crippen molar-refractivity contribution in [2.45, 2.75) is 50.6 Å². The maximum absolute atomic E-state index is 12.8. The van der Waals surface area contributed by atoms with E-state index in [0.717, 1.165) is 28.7 Å². The molecule has 0 radical (unpaired) electrons. The number of carbonyl (C=O) groups excluding carboxylic acids is 1. The summed E-state index contributed by atoms with van der Waals surface area (Å²) in [6, 6.07) is 8.92. The van der Waals surface area contributed by atoms with E-state index in [1.54, 1.807) is 0 Å². The highest BCUT2D eigenvalue weighted by molar-refractivity contribution is 9.10. The quantitative estimate of drug-likeness (QED) is 0.751. The van der Waals surface area contributed by atoms with Crippen LogP contribution >= 0.6 is 15.9 Å². The molecule has 1 N–H and O–H groups in total. The third-order valence-corrected chi connectivity index (χ3v) is 5.86. The maximum atomic E-state index is 12.8. The Morgan fingerprint density at radius 2 is 2.00 bits per heavy atom. The first kappa shape index (κ1) is 17.7. The van der Waals surface area contributed by atoms with Crippen LogP contribution in [0.5, 0.6) is 0 Å². The smallest absolute Gasteiger partial charge is 0.273 e. The van der Waals surface area contributed by atoms with Gasteiger partial charge in [-0.15, -0.1) is 5.10 Å². The van der Waals surface area contributed by atoms with Gasteiger partial charge in [-0.25, -0.2) is 4.68 Å². The minimum Gasteiger partial charge on any atom is -0.349 e. The van der Waals surface area contributed by atoms with E-state index in [9.17, 15) is 4.79 Å². The van der Waals surface area contributed by atoms with Gasteiger partial charge < -0.3 is 5.32 Å². The highest BCUT2D eigenvalue weighted by Gasteiger charge is 2.34. The largest absolute Gasteiger partial charge is 0.349 e. The van der Waals surface area contributed by atoms with Gasteiger partial charge in [0.15, 0.2) is 5.69 Å². The van der Waals surface area contributed by atoms with Crippen molar-refractivity contribution in [2.24, 2.45) is 0 Å². The summed E-state index contributed by atoms with van der Waals surface area (Å²) in [5, 5.41) is 11.6. The molecule has 138 valence electrons. The van der Waals surface area contributed by atoms with Crippen molar-refractivity contribution in [1.29, 1.82) is 0 Å². The lowest BCUT2D eigenvalue weighted by Crippen LogP contribution is -2.41. The Kier molecular flexibility index (Phi) is 4.84. The number of nitrogens with one attached hydrogen (secondary N) is 1. The van der Waals surface area contributed by atoms with Gasteiger partial charge in [-0.3, -0.25) is 9.69 Å². The predicted octanol–water partition coefficient (Wildman–Crippen LogP) is 3.12. The van der Waals surface area contributed by atoms with Gasteiger partial charge in [0.1, 0.15) is 0 Å². The van der Waals surface area contributed by atoms with Crippen molar-refractivity contribution in [1.82, 2.24) is 25.2 Å². The maximum Gasteiger partial charge on any atom is 0.273 e. The van der Waals surface area contributed by atoms with Crippen LogP contribution in [0.15, 0.2) is 28.7 Å². The van der Waals surface area contributed by atoms with E-state index in [1.165, 1.54) is 12.8 Å². The minimum absolute atomic E-state index is 0.119. The van der Waals surface area contributed by atoms with Gasteiger partial charge in [0, 0.05) is 29.0 Å². The van der Waals surface area contributed by atoms with Gasteiger partial charge in [-0.1, -0.05) is 21.1 Å². The molecular weight excluding hydrogens is 394 g/mol. The second-order valence-electron chi connectivity index (χ2n) is 7.44. The van der Waals surface area contributed by atoms with Crippen LogP contribution in [0.25, 0.3) is 5.69 Å². The van der Waals surface area contributed by atoms with Gasteiger partial charge in [0.2, 0.25) is 0 Å². The summed E-state index contributed by atoms with van der Waals surface area (Å²) < 4.78 is 2.83. The number of benzene rings is 1. The van der Waals surface area contributed by atoms with Gasteiger partial charge in [-0.2, -0.15) is 0 Å². The second-order valence-corrected chi connectivity index (χ2v) is 8.36. The SMILES string of the molecule is CC(CNC(=O)c1nnn(-c2ccc(Br)cc2)c1C1CC1)N(C)C1CC1. The zero-order valence-corrected chi connectivity index (χ0v) is 16.7. The summed E-state index contributed by atoms with van der Waals surface area (Å²) in [6.45, 7) is 2.78. The van der Waals surface area contributed by atoms with E-state index < -0.39 is 0 Å². The Bertz CT molecular complexity index is 795. The zero-order valence-electron chi connectivity index (χ0n) is 15.2. The molecular formula is C19H24BrN5O. The van der Waals surface area contributed by atoms with E-state index in [-0.39, 0.29) is 5.91 Å². The fourth-order valence-corrected chi connectivity index (χ4v) is 3.52. The highest BCUT2D eigenvalue weighted by atomic mass is 79.9. The van der Waals surface area contributed by atoms with E-state index in [1.807, 2.05) is 28.9 Å². The molecule has 0 spiro atoms. The van der Waals surface area contributed by atoms with Crippen molar-refractivity contribution < 1.29 is 4.79 Å². The fourth-order valence-electron chi connectivity index (χ4n) is 3.26. The van der Waals surface area contributed by atoms with Crippen molar-refractivity contribution in [3.05, 3.63) is 40.1 Å². The Balaban J connectivity index is 1.50. The second kappa shape index (κ2) is 7.12. The third-order valence-electron chi connectivity index (χ3n) is 5.33. The molecule has 4 rings (SSSR count). The molecule has 1 atom stereocenters. The van der Waals surface area contributed by atoms with Gasteiger partial charge in [0.25, 0.3) is 5.91 Å². The number of aromatic nitrogens is 3. The Morgan fingerprint density at radius 3 is 2.62 bits per heavy atom. The van der Waals surface area contributed by atoms with Gasteiger partial charge >= 0.3 is 0 Å². The monoisotopic (exact) mass is 417 g/mol. The molecule has 0 bridgehead atoms. The van der Waals surface area contributed by atoms with E-state index in [2.05, 4.69) is 50.4 Å². The summed E-state index contributed by atoms with van der Waals surface area (Å²) >= 11 is 3.45. The van der Waals surface area contributed by atoms with Crippen molar-refractivity contribution in [2.75, 3.05) is 13.6 Å². The lowest BCUT2D eigenvalue weighted by atomic mass is 10.2. The van der Waals surface area contributed by atoms with Crippen LogP contribution in [0.2, 0.25) is 0 Å². The molecule has 1 unspecified atom stereocenters. The molecule has 1 heterocycles. The van der Waals surface area contributed by atoms with Crippen molar-refractivity contribution in [3.8, 4) is 5.69 Å². The molecule has 1 aromatic heterocycles. The highest BCUT2D eigenvalue weighted by Crippen LogP contribution is 2.42. The normalized spacial score (nSPS) is 18.2. The lowest BCUT2D eigenvalue weighted by molar-refractivity contribution is 0.0933. The molecule has 7 heteroatoms. The molecule has 2 saturated carbocycles. The number of carbonyl (C=O) groups is 1. The number of hydrogen-bond donors (Lipinski definition) is 1. The lowest BCUT2D eigenvalue weighted by Gasteiger charge is -2.24. The van der Waals surface area contributed by atoms with Crippen LogP contribution in [0.4, 0.5) is 0 Å². The van der Waals surface area contributed by atoms with E-state index >= 15 is 0 Å². The number of rotatable bonds is 7. The first-order chi connectivity index (χ1) is 12.5. The molecule has 0 aliphatic heterocycles. The predicted molar refractivity (Wildman–Crippen MR) is 104 cm³/mol. The van der Waals surface area contributed by atoms with E-state index in [4.69, 9.17) is 0 Å². The molecule has 1 aromatic carbocycles. The Labute approximate surface area is 162 Å². The summed E-state index contributed by atoms with van der Waals surface area (Å²) in [5.74, 6) is 0.257. The number of likely N-dealkylation sites (N-methyl/N-ethyl adjacent to an activating group) is 1. The minimum atomic E-state index is -0.119. The molecule has 2 aliphatic rings. The van der Waals surface area contributed by atoms with E-state index in [0.29, 0.717) is 30.2 Å². The molecule has 26 heavy (non-hydrogen) atoms. The van der Waals surface area contributed by atoms with Gasteiger partial charge in [-0.05, 0) is 63.9 Å². The average molecular weight is 418 g/mol. The topological polar surface area (TPSA) is 63.1 Å². The zero-order chi connectivity index (χ0) is 18.3. The summed E-state index contributed by atoms with van der Waals surface area (Å²) in [4.78, 5) is 15.1. The Morgan fingerprint density at radius 1 is 1.31 bits per heavy atom. The number of halogens is 1. The summed E-state index contributed by atoms with van der Waals surface area (Å²) in [6.07, 6.45) is 4.71. The van der Waals surface area contributed by atoms with Gasteiger partial charge in [0.05, 0.1) is 11.4 Å². The molecule has 0 saturated heterocycles. The number of nitrogens with zero attached hydrogens (tertiary/aromatic N) is 4. The van der Waals surface area contributed by atoms with Crippen LogP contribution in [0.3, 0.4) is 0 Å². The molecule has 6 nitrogen and oxygen atoms in total. The van der Waals surface area contributed by atoms with Crippen LogP contribution < -0.4 is 5.32 Å². The van der Waals surface area contributed by atoms with Crippen molar-refractivity contribution >= 4 is 21.8 Å². The summed E-state index contributed by atoms with van der Waals surface area (Å²) in [5.41, 5.74) is 2.34.